The molecule has 1 amide bonds. The van der Waals surface area contributed by atoms with Crippen LogP contribution in [0.3, 0.4) is 0 Å². The van der Waals surface area contributed by atoms with Gasteiger partial charge in [0.25, 0.3) is 0 Å². The summed E-state index contributed by atoms with van der Waals surface area (Å²) in [5, 5.41) is 3.05. The number of ether oxygens (including phenoxy) is 1. The van der Waals surface area contributed by atoms with Gasteiger partial charge in [0.2, 0.25) is 11.8 Å². The number of carbonyl (C=O) groups is 1. The van der Waals surface area contributed by atoms with Gasteiger partial charge in [0, 0.05) is 12.3 Å². The van der Waals surface area contributed by atoms with Crippen LogP contribution in [-0.2, 0) is 11.2 Å². The van der Waals surface area contributed by atoms with Gasteiger partial charge in [0.1, 0.15) is 5.69 Å². The van der Waals surface area contributed by atoms with Crippen molar-refractivity contribution in [2.24, 2.45) is 0 Å². The van der Waals surface area contributed by atoms with Crippen molar-refractivity contribution >= 4 is 12.0 Å². The Morgan fingerprint density at radius 1 is 1.32 bits per heavy atom. The quantitative estimate of drug-likeness (QED) is 0.694. The van der Waals surface area contributed by atoms with Gasteiger partial charge in [0.05, 0.1) is 31.4 Å². The Balaban J connectivity index is 1.46. The summed E-state index contributed by atoms with van der Waals surface area (Å²) in [6.07, 6.45) is 10.1. The summed E-state index contributed by atoms with van der Waals surface area (Å²) in [7, 11) is 1.55. The van der Waals surface area contributed by atoms with Gasteiger partial charge < -0.3 is 10.1 Å². The second kappa shape index (κ2) is 7.64. The van der Waals surface area contributed by atoms with Crippen molar-refractivity contribution in [1.29, 1.82) is 0 Å². The van der Waals surface area contributed by atoms with Crippen molar-refractivity contribution < 1.29 is 9.53 Å². The highest BCUT2D eigenvalue weighted by Crippen LogP contribution is 2.30. The van der Waals surface area contributed by atoms with Crippen LogP contribution in [0.5, 0.6) is 5.88 Å². The predicted molar refractivity (Wildman–Crippen MR) is 105 cm³/mol. The molecule has 0 radical (unpaired) electrons. The lowest BCUT2D eigenvalue weighted by Gasteiger charge is -2.12. The first-order chi connectivity index (χ1) is 13.6. The first kappa shape index (κ1) is 17.9. The van der Waals surface area contributed by atoms with Crippen molar-refractivity contribution in [1.82, 2.24) is 24.8 Å². The lowest BCUT2D eigenvalue weighted by molar-refractivity contribution is -0.117. The van der Waals surface area contributed by atoms with E-state index in [0.717, 1.165) is 18.5 Å². The molecule has 28 heavy (non-hydrogen) atoms. The normalized spacial score (nSPS) is 15.6. The van der Waals surface area contributed by atoms with Crippen molar-refractivity contribution in [3.63, 3.8) is 0 Å². The van der Waals surface area contributed by atoms with Gasteiger partial charge in [-0.05, 0) is 37.0 Å². The van der Waals surface area contributed by atoms with Gasteiger partial charge >= 0.3 is 0 Å². The number of imidazole rings is 1. The molecule has 7 nitrogen and oxygen atoms in total. The highest BCUT2D eigenvalue weighted by atomic mass is 16.5. The number of nitrogens with zero attached hydrogens (tertiary/aromatic N) is 4. The van der Waals surface area contributed by atoms with Crippen LogP contribution >= 0.6 is 0 Å². The fourth-order valence-corrected chi connectivity index (χ4v) is 3.41. The maximum atomic E-state index is 12.3. The van der Waals surface area contributed by atoms with Gasteiger partial charge in [-0.1, -0.05) is 24.3 Å². The van der Waals surface area contributed by atoms with Crippen molar-refractivity contribution in [3.8, 4) is 11.6 Å². The minimum absolute atomic E-state index is 0.0515. The van der Waals surface area contributed by atoms with E-state index >= 15 is 0 Å². The molecule has 0 aliphatic heterocycles. The highest BCUT2D eigenvalue weighted by molar-refractivity contribution is 5.91. The van der Waals surface area contributed by atoms with Crippen molar-refractivity contribution in [2.75, 3.05) is 7.11 Å². The number of nitrogens with one attached hydrogen (secondary N) is 1. The molecular formula is C21H21N5O2. The number of rotatable bonds is 5. The predicted octanol–water partition coefficient (Wildman–Crippen LogP) is 2.80. The number of benzene rings is 1. The first-order valence-corrected chi connectivity index (χ1v) is 9.12. The summed E-state index contributed by atoms with van der Waals surface area (Å²) in [4.78, 5) is 25.2. The lowest BCUT2D eigenvalue weighted by Crippen LogP contribution is -2.25. The Morgan fingerprint density at radius 3 is 2.96 bits per heavy atom. The molecule has 2 aromatic heterocycles. The van der Waals surface area contributed by atoms with Gasteiger partial charge in [-0.3, -0.25) is 9.36 Å². The number of hydrogen-bond acceptors (Lipinski definition) is 5. The molecule has 1 atom stereocenters. The molecule has 0 unspecified atom stereocenters. The second-order valence-corrected chi connectivity index (χ2v) is 6.68. The SMILES string of the molecule is COc1nc(/C=C/C(=O)N[C@H]2CCc3ccccc32)ncc1-n1cnc(C)c1. The summed E-state index contributed by atoms with van der Waals surface area (Å²) in [5.74, 6) is 0.648. The third-order valence-corrected chi connectivity index (χ3v) is 4.77. The Bertz CT molecular complexity index is 1040. The van der Waals surface area contributed by atoms with E-state index in [-0.39, 0.29) is 11.9 Å². The summed E-state index contributed by atoms with van der Waals surface area (Å²) < 4.78 is 7.17. The number of amides is 1. The summed E-state index contributed by atoms with van der Waals surface area (Å²) in [6.45, 7) is 1.91. The molecule has 3 aromatic rings. The van der Waals surface area contributed by atoms with Crippen LogP contribution in [0.15, 0.2) is 49.1 Å². The largest absolute Gasteiger partial charge is 0.479 e. The Kier molecular flexibility index (Phi) is 4.89. The minimum Gasteiger partial charge on any atom is -0.479 e. The molecule has 0 bridgehead atoms. The highest BCUT2D eigenvalue weighted by Gasteiger charge is 2.22. The molecule has 0 spiro atoms. The van der Waals surface area contributed by atoms with Gasteiger partial charge in [-0.25, -0.2) is 9.97 Å². The second-order valence-electron chi connectivity index (χ2n) is 6.68. The summed E-state index contributed by atoms with van der Waals surface area (Å²) in [5.41, 5.74) is 4.07. The number of methoxy groups -OCH3 is 1. The maximum Gasteiger partial charge on any atom is 0.244 e. The van der Waals surface area contributed by atoms with Crippen molar-refractivity contribution in [2.45, 2.75) is 25.8 Å². The van der Waals surface area contributed by atoms with E-state index in [1.165, 1.54) is 17.2 Å². The van der Waals surface area contributed by atoms with Gasteiger partial charge in [0.15, 0.2) is 5.82 Å². The van der Waals surface area contributed by atoms with Gasteiger partial charge in [-0.2, -0.15) is 4.98 Å². The molecule has 2 heterocycles. The zero-order chi connectivity index (χ0) is 19.5. The standard InChI is InChI=1S/C21H21N5O2/c1-14-12-26(13-23-14)18-11-22-19(25-21(18)28-2)9-10-20(27)24-17-8-7-15-5-3-4-6-16(15)17/h3-6,9-13,17H,7-8H2,1-2H3,(H,24,27)/b10-9+/t17-/m0/s1. The molecule has 1 aromatic carbocycles. The fraction of sp³-hybridized carbons (Fsp3) is 0.238. The average molecular weight is 375 g/mol. The third kappa shape index (κ3) is 3.64. The van der Waals surface area contributed by atoms with Crippen LogP contribution in [0.25, 0.3) is 11.8 Å². The van der Waals surface area contributed by atoms with E-state index < -0.39 is 0 Å². The molecule has 142 valence electrons. The molecule has 0 fully saturated rings. The number of carbonyl (C=O) groups excluding carboxylic acids is 1. The maximum absolute atomic E-state index is 12.3. The van der Waals surface area contributed by atoms with Crippen LogP contribution in [-0.4, -0.2) is 32.5 Å². The van der Waals surface area contributed by atoms with E-state index in [0.29, 0.717) is 17.4 Å². The fourth-order valence-electron chi connectivity index (χ4n) is 3.41. The smallest absolute Gasteiger partial charge is 0.244 e. The topological polar surface area (TPSA) is 81.9 Å². The van der Waals surface area contributed by atoms with Crippen LogP contribution in [0.4, 0.5) is 0 Å². The molecule has 1 aliphatic rings. The van der Waals surface area contributed by atoms with Gasteiger partial charge in [-0.15, -0.1) is 0 Å². The Morgan fingerprint density at radius 2 is 2.18 bits per heavy atom. The van der Waals surface area contributed by atoms with Crippen LogP contribution in [0, 0.1) is 6.92 Å². The Hall–Kier alpha value is -3.48. The number of aromatic nitrogens is 4. The molecular weight excluding hydrogens is 354 g/mol. The average Bonchev–Trinajstić information content (AvgIpc) is 3.33. The molecule has 1 N–H and O–H groups in total. The molecule has 0 saturated heterocycles. The monoisotopic (exact) mass is 375 g/mol. The molecule has 1 aliphatic carbocycles. The van der Waals surface area contributed by atoms with Crippen LogP contribution in [0.1, 0.15) is 35.1 Å². The van der Waals surface area contributed by atoms with Crippen LogP contribution < -0.4 is 10.1 Å². The number of fused-ring (bicyclic) bond motifs is 1. The molecule has 7 heteroatoms. The lowest BCUT2D eigenvalue weighted by atomic mass is 10.1. The summed E-state index contributed by atoms with van der Waals surface area (Å²) >= 11 is 0. The van der Waals surface area contributed by atoms with E-state index in [9.17, 15) is 4.79 Å². The number of aryl methyl sites for hydroxylation is 2. The first-order valence-electron chi connectivity index (χ1n) is 9.12. The minimum atomic E-state index is -0.168. The zero-order valence-electron chi connectivity index (χ0n) is 15.8. The number of hydrogen-bond donors (Lipinski definition) is 1. The third-order valence-electron chi connectivity index (χ3n) is 4.77. The molecule has 0 saturated carbocycles. The van der Waals surface area contributed by atoms with E-state index in [2.05, 4.69) is 32.4 Å². The molecule has 4 rings (SSSR count). The van der Waals surface area contributed by atoms with E-state index in [1.54, 1.807) is 30.3 Å². The Labute approximate surface area is 163 Å². The summed E-state index contributed by atoms with van der Waals surface area (Å²) in [6, 6.07) is 8.27. The zero-order valence-corrected chi connectivity index (χ0v) is 15.8. The van der Waals surface area contributed by atoms with E-state index in [4.69, 9.17) is 4.74 Å². The van der Waals surface area contributed by atoms with Crippen molar-refractivity contribution in [3.05, 3.63) is 71.7 Å². The van der Waals surface area contributed by atoms with E-state index in [1.807, 2.05) is 25.3 Å². The van der Waals surface area contributed by atoms with Crippen LogP contribution in [0.2, 0.25) is 0 Å².